The van der Waals surface area contributed by atoms with Crippen LogP contribution in [0.3, 0.4) is 0 Å². The van der Waals surface area contributed by atoms with Crippen LogP contribution in [0.1, 0.15) is 40.0 Å². The molecule has 138 valence electrons. The van der Waals surface area contributed by atoms with Crippen molar-refractivity contribution >= 4 is 23.5 Å². The van der Waals surface area contributed by atoms with Crippen LogP contribution in [-0.2, 0) is 23.8 Å². The van der Waals surface area contributed by atoms with Gasteiger partial charge in [-0.3, -0.25) is 9.59 Å². The summed E-state index contributed by atoms with van der Waals surface area (Å²) in [5.41, 5.74) is 0. The Balaban J connectivity index is 3.03. The first-order chi connectivity index (χ1) is 11.9. The van der Waals surface area contributed by atoms with E-state index in [2.05, 4.69) is 5.92 Å². The molecule has 0 saturated carbocycles. The number of allylic oxidation sites excluding steroid dienone is 2. The molecule has 0 saturated heterocycles. The van der Waals surface area contributed by atoms with E-state index in [1.807, 2.05) is 13.0 Å². The van der Waals surface area contributed by atoms with E-state index in [1.54, 1.807) is 18.2 Å². The van der Waals surface area contributed by atoms with Crippen LogP contribution < -0.4 is 0 Å². The van der Waals surface area contributed by atoms with Crippen molar-refractivity contribution in [1.29, 1.82) is 0 Å². The molecule has 6 heteroatoms. The molecule has 0 N–H and O–H groups in total. The molecule has 25 heavy (non-hydrogen) atoms. The monoisotopic (exact) mass is 368 g/mol. The summed E-state index contributed by atoms with van der Waals surface area (Å²) < 4.78 is 16.7. The van der Waals surface area contributed by atoms with Gasteiger partial charge in [-0.15, -0.1) is 18.0 Å². The number of carbonyl (C=O) groups excluding carboxylic acids is 2. The quantitative estimate of drug-likeness (QED) is 0.312. The van der Waals surface area contributed by atoms with Gasteiger partial charge < -0.3 is 14.2 Å². The number of rotatable bonds is 6. The number of halogens is 1. The highest BCUT2D eigenvalue weighted by Crippen LogP contribution is 2.26. The van der Waals surface area contributed by atoms with Gasteiger partial charge in [0.15, 0.2) is 6.10 Å². The molecule has 5 atom stereocenters. The molecular formula is C19H25ClO5. The number of hydrogen-bond donors (Lipinski definition) is 0. The lowest BCUT2D eigenvalue weighted by Gasteiger charge is -2.33. The molecule has 0 aromatic rings. The van der Waals surface area contributed by atoms with Gasteiger partial charge in [-0.05, 0) is 25.0 Å². The average Bonchev–Trinajstić information content (AvgIpc) is 2.53. The van der Waals surface area contributed by atoms with E-state index in [4.69, 9.17) is 32.2 Å². The lowest BCUT2D eigenvalue weighted by atomic mass is 9.99. The number of hydrogen-bond acceptors (Lipinski definition) is 5. The maximum atomic E-state index is 11.5. The zero-order valence-corrected chi connectivity index (χ0v) is 15.6. The van der Waals surface area contributed by atoms with Gasteiger partial charge in [-0.1, -0.05) is 25.0 Å². The summed E-state index contributed by atoms with van der Waals surface area (Å²) in [5, 5.41) is -0.360. The van der Waals surface area contributed by atoms with E-state index in [0.717, 1.165) is 6.42 Å². The Hall–Kier alpha value is -1.77. The van der Waals surface area contributed by atoms with Crippen molar-refractivity contribution in [3.05, 3.63) is 24.3 Å². The number of alkyl halides is 1. The lowest BCUT2D eigenvalue weighted by molar-refractivity contribution is -0.165. The third-order valence-electron chi connectivity index (χ3n) is 3.70. The molecule has 5 nitrogen and oxygen atoms in total. The molecule has 1 heterocycles. The van der Waals surface area contributed by atoms with Gasteiger partial charge in [0.05, 0.1) is 17.6 Å². The molecule has 0 aliphatic carbocycles. The Labute approximate surface area is 154 Å². The third-order valence-corrected chi connectivity index (χ3v) is 4.16. The van der Waals surface area contributed by atoms with Gasteiger partial charge in [0.1, 0.15) is 6.10 Å². The SMILES string of the molecule is C#CC=CCC(Cl)C1CC(OC(C)=O)C(OC(C)=O)C=CC(CC)O1. The van der Waals surface area contributed by atoms with Crippen molar-refractivity contribution in [2.75, 3.05) is 0 Å². The third kappa shape index (κ3) is 7.76. The van der Waals surface area contributed by atoms with Crippen LogP contribution in [0.2, 0.25) is 0 Å². The number of terminal acetylenes is 1. The zero-order chi connectivity index (χ0) is 18.8. The normalized spacial score (nSPS) is 27.8. The van der Waals surface area contributed by atoms with Crippen LogP contribution in [0.25, 0.3) is 0 Å². The highest BCUT2D eigenvalue weighted by Gasteiger charge is 2.34. The first-order valence-electron chi connectivity index (χ1n) is 8.30. The summed E-state index contributed by atoms with van der Waals surface area (Å²) >= 11 is 6.48. The highest BCUT2D eigenvalue weighted by molar-refractivity contribution is 6.21. The summed E-state index contributed by atoms with van der Waals surface area (Å²) in [7, 11) is 0. The minimum absolute atomic E-state index is 0.167. The molecule has 0 fully saturated rings. The van der Waals surface area contributed by atoms with E-state index < -0.39 is 24.1 Å². The van der Waals surface area contributed by atoms with Gasteiger partial charge in [-0.25, -0.2) is 0 Å². The standard InChI is InChI=1S/C19H25ClO5/c1-5-7-8-9-16(20)18-12-19(24-14(4)22)17(23-13(3)21)11-10-15(6-2)25-18/h1,7-8,10-11,15-19H,6,9,12H2,2-4H3. The van der Waals surface area contributed by atoms with Gasteiger partial charge in [0, 0.05) is 20.3 Å². The highest BCUT2D eigenvalue weighted by atomic mass is 35.5. The summed E-state index contributed by atoms with van der Waals surface area (Å²) in [6.45, 7) is 4.61. The summed E-state index contributed by atoms with van der Waals surface area (Å²) in [6, 6.07) is 0. The minimum Gasteiger partial charge on any atom is -0.458 e. The van der Waals surface area contributed by atoms with Crippen molar-refractivity contribution in [1.82, 2.24) is 0 Å². The fourth-order valence-electron chi connectivity index (χ4n) is 2.56. The Morgan fingerprint density at radius 3 is 2.60 bits per heavy atom. The van der Waals surface area contributed by atoms with Crippen LogP contribution in [0.5, 0.6) is 0 Å². The molecule has 1 aliphatic rings. The maximum Gasteiger partial charge on any atom is 0.303 e. The smallest absolute Gasteiger partial charge is 0.303 e. The Morgan fingerprint density at radius 2 is 2.04 bits per heavy atom. The second-order valence-corrected chi connectivity index (χ2v) is 6.35. The molecule has 1 rings (SSSR count). The molecular weight excluding hydrogens is 344 g/mol. The van der Waals surface area contributed by atoms with E-state index >= 15 is 0 Å². The van der Waals surface area contributed by atoms with Crippen LogP contribution in [-0.4, -0.2) is 41.7 Å². The predicted octanol–water partition coefficient (Wildman–Crippen LogP) is 3.16. The molecule has 5 unspecified atom stereocenters. The predicted molar refractivity (Wildman–Crippen MR) is 96.0 cm³/mol. The lowest BCUT2D eigenvalue weighted by Crippen LogP contribution is -2.42. The maximum absolute atomic E-state index is 11.5. The Kier molecular flexibility index (Phi) is 9.33. The van der Waals surface area contributed by atoms with E-state index in [-0.39, 0.29) is 17.6 Å². The molecule has 0 spiro atoms. The fraction of sp³-hybridized carbons (Fsp3) is 0.579. The Morgan fingerprint density at radius 1 is 1.36 bits per heavy atom. The first kappa shape index (κ1) is 21.3. The van der Waals surface area contributed by atoms with Crippen molar-refractivity contribution < 1.29 is 23.8 Å². The summed E-state index contributed by atoms with van der Waals surface area (Å²) in [5.74, 6) is 1.51. The number of carbonyl (C=O) groups is 2. The second-order valence-electron chi connectivity index (χ2n) is 5.78. The number of esters is 2. The van der Waals surface area contributed by atoms with Crippen LogP contribution in [0.15, 0.2) is 24.3 Å². The zero-order valence-electron chi connectivity index (χ0n) is 14.8. The molecule has 1 aliphatic heterocycles. The molecule has 0 bridgehead atoms. The first-order valence-corrected chi connectivity index (χ1v) is 8.74. The molecule has 0 amide bonds. The summed E-state index contributed by atoms with van der Waals surface area (Å²) in [6.07, 6.45) is 11.8. The fourth-order valence-corrected chi connectivity index (χ4v) is 2.83. The van der Waals surface area contributed by atoms with Crippen LogP contribution in [0.4, 0.5) is 0 Å². The van der Waals surface area contributed by atoms with Crippen molar-refractivity contribution in [3.8, 4) is 12.3 Å². The van der Waals surface area contributed by atoms with Crippen LogP contribution in [0, 0.1) is 12.3 Å². The minimum atomic E-state index is -0.674. The molecule has 0 radical (unpaired) electrons. The molecule has 0 aromatic heterocycles. The van der Waals surface area contributed by atoms with E-state index in [0.29, 0.717) is 12.8 Å². The second kappa shape index (κ2) is 11.0. The van der Waals surface area contributed by atoms with Gasteiger partial charge in [-0.2, -0.15) is 0 Å². The van der Waals surface area contributed by atoms with Gasteiger partial charge in [0.25, 0.3) is 0 Å². The van der Waals surface area contributed by atoms with E-state index in [1.165, 1.54) is 13.8 Å². The van der Waals surface area contributed by atoms with E-state index in [9.17, 15) is 9.59 Å². The van der Waals surface area contributed by atoms with Crippen molar-refractivity contribution in [2.45, 2.75) is 69.8 Å². The largest absolute Gasteiger partial charge is 0.458 e. The average molecular weight is 369 g/mol. The van der Waals surface area contributed by atoms with Crippen LogP contribution >= 0.6 is 11.6 Å². The summed E-state index contributed by atoms with van der Waals surface area (Å²) in [4.78, 5) is 22.9. The number of ether oxygens (including phenoxy) is 3. The van der Waals surface area contributed by atoms with Gasteiger partial charge >= 0.3 is 11.9 Å². The van der Waals surface area contributed by atoms with Crippen molar-refractivity contribution in [2.24, 2.45) is 0 Å². The van der Waals surface area contributed by atoms with Crippen molar-refractivity contribution in [3.63, 3.8) is 0 Å². The topological polar surface area (TPSA) is 61.8 Å². The van der Waals surface area contributed by atoms with Gasteiger partial charge in [0.2, 0.25) is 0 Å². The molecule has 0 aromatic carbocycles. The Bertz CT molecular complexity index is 549.